The molecule has 2 heterocycles. The molecule has 1 fully saturated rings. The van der Waals surface area contributed by atoms with Crippen LogP contribution in [0.15, 0.2) is 12.1 Å². The first kappa shape index (κ1) is 16.3. The van der Waals surface area contributed by atoms with Crippen LogP contribution in [0, 0.1) is 6.92 Å². The third-order valence-electron chi connectivity index (χ3n) is 3.46. The van der Waals surface area contributed by atoms with E-state index in [1.807, 2.05) is 0 Å². The lowest BCUT2D eigenvalue weighted by molar-refractivity contribution is -0.141. The molecule has 1 atom stereocenters. The molecule has 0 aliphatic carbocycles. The summed E-state index contributed by atoms with van der Waals surface area (Å²) in [6.07, 6.45) is -2.43. The summed E-state index contributed by atoms with van der Waals surface area (Å²) in [5.74, 6) is -0.871. The molecule has 1 aliphatic heterocycles. The molecule has 2 N–H and O–H groups in total. The molecule has 8 heteroatoms. The maximum absolute atomic E-state index is 12.6. The van der Waals surface area contributed by atoms with Crippen LogP contribution in [0.25, 0.3) is 0 Å². The summed E-state index contributed by atoms with van der Waals surface area (Å²) >= 11 is 0. The minimum Gasteiger partial charge on any atom is -0.354 e. The van der Waals surface area contributed by atoms with Crippen LogP contribution in [0.1, 0.15) is 41.0 Å². The average molecular weight is 315 g/mol. The van der Waals surface area contributed by atoms with Gasteiger partial charge in [-0.3, -0.25) is 9.59 Å². The summed E-state index contributed by atoms with van der Waals surface area (Å²) in [6, 6.07) is 1.17. The zero-order valence-electron chi connectivity index (χ0n) is 12.0. The van der Waals surface area contributed by atoms with Crippen LogP contribution in [0.2, 0.25) is 0 Å². The molecule has 1 aliphatic rings. The second-order valence-corrected chi connectivity index (χ2v) is 5.14. The first-order valence-electron chi connectivity index (χ1n) is 6.92. The van der Waals surface area contributed by atoms with Crippen LogP contribution in [0.5, 0.6) is 0 Å². The molecule has 1 aromatic heterocycles. The van der Waals surface area contributed by atoms with Crippen molar-refractivity contribution >= 4 is 11.8 Å². The molecule has 0 spiro atoms. The summed E-state index contributed by atoms with van der Waals surface area (Å²) < 4.78 is 37.7. The number of alkyl halides is 3. The van der Waals surface area contributed by atoms with Gasteiger partial charge in [-0.25, -0.2) is 4.98 Å². The molecular formula is C14H16F3N3O2. The van der Waals surface area contributed by atoms with Gasteiger partial charge in [0, 0.05) is 6.54 Å². The van der Waals surface area contributed by atoms with Crippen LogP contribution in [0.4, 0.5) is 13.2 Å². The number of carbonyl (C=O) groups excluding carboxylic acids is 2. The van der Waals surface area contributed by atoms with Crippen molar-refractivity contribution in [2.45, 2.75) is 38.4 Å². The van der Waals surface area contributed by atoms with Crippen molar-refractivity contribution in [2.75, 3.05) is 6.54 Å². The minimum atomic E-state index is -4.55. The normalized spacial score (nSPS) is 19.3. The van der Waals surface area contributed by atoms with Crippen molar-refractivity contribution in [1.82, 2.24) is 15.6 Å². The van der Waals surface area contributed by atoms with E-state index in [2.05, 4.69) is 15.6 Å². The Bertz CT molecular complexity index is 587. The van der Waals surface area contributed by atoms with E-state index in [4.69, 9.17) is 0 Å². The van der Waals surface area contributed by atoms with E-state index in [9.17, 15) is 22.8 Å². The Balaban J connectivity index is 2.14. The molecule has 1 aromatic rings. The Morgan fingerprint density at radius 3 is 2.73 bits per heavy atom. The first-order chi connectivity index (χ1) is 10.3. The highest BCUT2D eigenvalue weighted by Crippen LogP contribution is 2.28. The van der Waals surface area contributed by atoms with E-state index >= 15 is 0 Å². The third kappa shape index (κ3) is 3.75. The van der Waals surface area contributed by atoms with Gasteiger partial charge in [0.25, 0.3) is 5.91 Å². The summed E-state index contributed by atoms with van der Waals surface area (Å²) in [7, 11) is 0. The van der Waals surface area contributed by atoms with E-state index in [-0.39, 0.29) is 17.2 Å². The Labute approximate surface area is 125 Å². The number of amides is 2. The van der Waals surface area contributed by atoms with Crippen molar-refractivity contribution < 1.29 is 22.8 Å². The Morgan fingerprint density at radius 2 is 2.09 bits per heavy atom. The molecular weight excluding hydrogens is 299 g/mol. The van der Waals surface area contributed by atoms with Gasteiger partial charge in [-0.05, 0) is 38.3 Å². The van der Waals surface area contributed by atoms with E-state index in [0.717, 1.165) is 25.0 Å². The summed E-state index contributed by atoms with van der Waals surface area (Å²) in [6.45, 7) is 1.89. The van der Waals surface area contributed by atoms with Gasteiger partial charge in [-0.1, -0.05) is 0 Å². The molecule has 5 nitrogen and oxygen atoms in total. The van der Waals surface area contributed by atoms with Crippen molar-refractivity contribution in [1.29, 1.82) is 0 Å². The minimum absolute atomic E-state index is 0.0265. The Hall–Kier alpha value is -2.12. The standard InChI is InChI=1S/C14H16F3N3O2/c1-8-9(5-6-11(19-8)14(15,16)17)12(21)20-10-4-2-3-7-18-13(10)22/h5-6,10H,2-4,7H2,1H3,(H,18,22)(H,20,21). The quantitative estimate of drug-likeness (QED) is 0.874. The van der Waals surface area contributed by atoms with Crippen molar-refractivity contribution in [3.8, 4) is 0 Å². The van der Waals surface area contributed by atoms with E-state index in [1.54, 1.807) is 0 Å². The molecule has 2 amide bonds. The number of rotatable bonds is 2. The third-order valence-corrected chi connectivity index (χ3v) is 3.46. The van der Waals surface area contributed by atoms with Crippen molar-refractivity contribution in [3.05, 3.63) is 29.1 Å². The molecule has 0 bridgehead atoms. The molecule has 0 aromatic carbocycles. The fourth-order valence-electron chi connectivity index (χ4n) is 2.27. The predicted octanol–water partition coefficient (Wildman–Crippen LogP) is 1.81. The largest absolute Gasteiger partial charge is 0.433 e. The number of hydrogen-bond donors (Lipinski definition) is 2. The molecule has 1 unspecified atom stereocenters. The maximum atomic E-state index is 12.6. The number of nitrogens with one attached hydrogen (secondary N) is 2. The highest BCUT2D eigenvalue weighted by atomic mass is 19.4. The second kappa shape index (κ2) is 6.33. The molecule has 2 rings (SSSR count). The van der Waals surface area contributed by atoms with E-state index < -0.39 is 23.8 Å². The number of carbonyl (C=O) groups is 2. The first-order valence-corrected chi connectivity index (χ1v) is 6.92. The molecule has 0 radical (unpaired) electrons. The molecule has 1 saturated heterocycles. The van der Waals surface area contributed by atoms with E-state index in [1.165, 1.54) is 6.92 Å². The second-order valence-electron chi connectivity index (χ2n) is 5.14. The smallest absolute Gasteiger partial charge is 0.354 e. The van der Waals surface area contributed by atoms with Gasteiger partial charge in [0.2, 0.25) is 5.91 Å². The zero-order valence-corrected chi connectivity index (χ0v) is 12.0. The highest BCUT2D eigenvalue weighted by molar-refractivity contribution is 5.98. The Kier molecular flexibility index (Phi) is 4.68. The van der Waals surface area contributed by atoms with Gasteiger partial charge in [0.05, 0.1) is 11.3 Å². The number of aryl methyl sites for hydroxylation is 1. The SMILES string of the molecule is Cc1nc(C(F)(F)F)ccc1C(=O)NC1CCCCNC1=O. The lowest BCUT2D eigenvalue weighted by atomic mass is 10.1. The monoisotopic (exact) mass is 315 g/mol. The van der Waals surface area contributed by atoms with Crippen LogP contribution >= 0.6 is 0 Å². The zero-order chi connectivity index (χ0) is 16.3. The summed E-state index contributed by atoms with van der Waals surface area (Å²) in [5.41, 5.74) is -1.04. The topological polar surface area (TPSA) is 71.1 Å². The van der Waals surface area contributed by atoms with Crippen molar-refractivity contribution in [2.24, 2.45) is 0 Å². The van der Waals surface area contributed by atoms with Gasteiger partial charge in [-0.2, -0.15) is 13.2 Å². The van der Waals surface area contributed by atoms with Crippen molar-refractivity contribution in [3.63, 3.8) is 0 Å². The number of halogens is 3. The average Bonchev–Trinajstić information content (AvgIpc) is 2.63. The van der Waals surface area contributed by atoms with Gasteiger partial charge in [0.15, 0.2) is 0 Å². The van der Waals surface area contributed by atoms with Crippen LogP contribution < -0.4 is 10.6 Å². The van der Waals surface area contributed by atoms with Crippen LogP contribution in [-0.4, -0.2) is 29.4 Å². The predicted molar refractivity (Wildman–Crippen MR) is 72.1 cm³/mol. The van der Waals surface area contributed by atoms with Crippen LogP contribution in [-0.2, 0) is 11.0 Å². The number of aromatic nitrogens is 1. The fraction of sp³-hybridized carbons (Fsp3) is 0.500. The number of pyridine rings is 1. The highest BCUT2D eigenvalue weighted by Gasteiger charge is 2.33. The number of hydrogen-bond acceptors (Lipinski definition) is 3. The van der Waals surface area contributed by atoms with E-state index in [0.29, 0.717) is 13.0 Å². The van der Waals surface area contributed by atoms with Gasteiger partial charge >= 0.3 is 6.18 Å². The summed E-state index contributed by atoms with van der Waals surface area (Å²) in [4.78, 5) is 27.3. The lowest BCUT2D eigenvalue weighted by Crippen LogP contribution is -2.45. The Morgan fingerprint density at radius 1 is 1.36 bits per heavy atom. The van der Waals surface area contributed by atoms with Gasteiger partial charge in [-0.15, -0.1) is 0 Å². The molecule has 120 valence electrons. The molecule has 22 heavy (non-hydrogen) atoms. The number of nitrogens with zero attached hydrogens (tertiary/aromatic N) is 1. The van der Waals surface area contributed by atoms with Crippen LogP contribution in [0.3, 0.4) is 0 Å². The summed E-state index contributed by atoms with van der Waals surface area (Å²) in [5, 5.41) is 5.23. The van der Waals surface area contributed by atoms with Gasteiger partial charge < -0.3 is 10.6 Å². The van der Waals surface area contributed by atoms with Gasteiger partial charge in [0.1, 0.15) is 11.7 Å². The molecule has 0 saturated carbocycles. The fourth-order valence-corrected chi connectivity index (χ4v) is 2.27. The maximum Gasteiger partial charge on any atom is 0.433 e. The lowest BCUT2D eigenvalue weighted by Gasteiger charge is -2.16.